The third kappa shape index (κ3) is 1.59. The van der Waals surface area contributed by atoms with Gasteiger partial charge in [0.05, 0.1) is 5.69 Å². The van der Waals surface area contributed by atoms with Crippen LogP contribution in [-0.4, -0.2) is 0 Å². The highest BCUT2D eigenvalue weighted by molar-refractivity contribution is 6.30. The monoisotopic (exact) mass is 140 g/mol. The molecule has 0 saturated carbocycles. The number of nitrogens with one attached hydrogen (secondary N) is 1. The number of nitrogens with zero attached hydrogens (tertiary/aromatic N) is 1. The van der Waals surface area contributed by atoms with Crippen molar-refractivity contribution < 1.29 is 0 Å². The molecule has 0 atom stereocenters. The minimum absolute atomic E-state index is 0.638. The van der Waals surface area contributed by atoms with Crippen molar-refractivity contribution >= 4 is 17.3 Å². The quantitative estimate of drug-likeness (QED) is 0.593. The lowest BCUT2D eigenvalue weighted by Crippen LogP contribution is -1.90. The molecule has 0 amide bonds. The third-order valence-electron chi connectivity index (χ3n) is 0.973. The molecule has 1 aromatic carbocycles. The van der Waals surface area contributed by atoms with E-state index in [4.69, 9.17) is 17.4 Å². The molecule has 1 aromatic rings. The van der Waals surface area contributed by atoms with Gasteiger partial charge in [-0.2, -0.15) is 0 Å². The number of anilines is 1. The van der Waals surface area contributed by atoms with Gasteiger partial charge in [0.25, 0.3) is 0 Å². The Labute approximate surface area is 58.6 Å². The van der Waals surface area contributed by atoms with E-state index in [1.165, 1.54) is 0 Å². The number of benzene rings is 1. The fourth-order valence-corrected chi connectivity index (χ4v) is 0.650. The van der Waals surface area contributed by atoms with E-state index in [-0.39, 0.29) is 0 Å². The zero-order valence-corrected chi connectivity index (χ0v) is 5.39. The van der Waals surface area contributed by atoms with Crippen molar-refractivity contribution in [1.82, 2.24) is 5.84 Å². The minimum Gasteiger partial charge on any atom is -0.286 e. The molecule has 0 fully saturated rings. The van der Waals surface area contributed by atoms with Crippen LogP contribution >= 0.6 is 11.6 Å². The predicted octanol–water partition coefficient (Wildman–Crippen LogP) is 1.74. The summed E-state index contributed by atoms with van der Waals surface area (Å²) in [5, 5.41) is 0.661. The first kappa shape index (κ1) is 6.39. The van der Waals surface area contributed by atoms with E-state index in [1.807, 2.05) is 5.43 Å². The molecule has 2 nitrogen and oxygen atoms in total. The van der Waals surface area contributed by atoms with Gasteiger partial charge < -0.3 is 0 Å². The summed E-state index contributed by atoms with van der Waals surface area (Å²) >= 11 is 5.56. The van der Waals surface area contributed by atoms with E-state index in [2.05, 4.69) is 0 Å². The van der Waals surface area contributed by atoms with Gasteiger partial charge in [0.2, 0.25) is 0 Å². The van der Waals surface area contributed by atoms with Crippen molar-refractivity contribution in [2.45, 2.75) is 0 Å². The van der Waals surface area contributed by atoms with Crippen LogP contribution in [0.2, 0.25) is 5.02 Å². The van der Waals surface area contributed by atoms with Gasteiger partial charge in [-0.1, -0.05) is 11.6 Å². The lowest BCUT2D eigenvalue weighted by Gasteiger charge is -1.93. The Balaban J connectivity index is 2.88. The molecule has 0 aliphatic heterocycles. The van der Waals surface area contributed by atoms with Gasteiger partial charge in [0.15, 0.2) is 0 Å². The molecule has 1 N–H and O–H groups in total. The molecule has 0 heterocycles. The molecule has 0 aliphatic carbocycles. The molecule has 0 aliphatic rings. The van der Waals surface area contributed by atoms with Crippen molar-refractivity contribution in [3.8, 4) is 0 Å². The van der Waals surface area contributed by atoms with Crippen molar-refractivity contribution in [2.24, 2.45) is 0 Å². The fourth-order valence-electron chi connectivity index (χ4n) is 0.524. The van der Waals surface area contributed by atoms with Crippen LogP contribution in [-0.2, 0) is 0 Å². The second kappa shape index (κ2) is 2.71. The van der Waals surface area contributed by atoms with Crippen LogP contribution in [0.5, 0.6) is 0 Å². The van der Waals surface area contributed by atoms with E-state index >= 15 is 0 Å². The SMILES string of the molecule is [N]Nc1ccc(Cl)cc1. The molecule has 2 radical (unpaired) electrons. The van der Waals surface area contributed by atoms with Gasteiger partial charge in [0, 0.05) is 5.02 Å². The van der Waals surface area contributed by atoms with Crippen LogP contribution in [0.1, 0.15) is 0 Å². The summed E-state index contributed by atoms with van der Waals surface area (Å²) in [7, 11) is 0. The number of hydrogen-bond acceptors (Lipinski definition) is 1. The van der Waals surface area contributed by atoms with Crippen LogP contribution in [0.4, 0.5) is 5.69 Å². The van der Waals surface area contributed by atoms with Crippen molar-refractivity contribution in [3.05, 3.63) is 29.3 Å². The van der Waals surface area contributed by atoms with Crippen LogP contribution < -0.4 is 11.3 Å². The molecule has 9 heavy (non-hydrogen) atoms. The second-order valence-electron chi connectivity index (χ2n) is 1.62. The molecular formula is C6H5ClN2. The summed E-state index contributed by atoms with van der Waals surface area (Å²) in [6.07, 6.45) is 0. The minimum atomic E-state index is 0.638. The molecule has 0 saturated heterocycles. The lowest BCUT2D eigenvalue weighted by atomic mass is 10.3. The molecule has 0 bridgehead atoms. The molecule has 46 valence electrons. The van der Waals surface area contributed by atoms with Crippen LogP contribution in [0.25, 0.3) is 0 Å². The average molecular weight is 141 g/mol. The molecular weight excluding hydrogens is 136 g/mol. The van der Waals surface area contributed by atoms with Gasteiger partial charge in [-0.3, -0.25) is 5.43 Å². The van der Waals surface area contributed by atoms with Crippen LogP contribution in [0, 0.1) is 0 Å². The zero-order valence-electron chi connectivity index (χ0n) is 4.63. The first-order chi connectivity index (χ1) is 4.33. The fraction of sp³-hybridized carbons (Fsp3) is 0. The van der Waals surface area contributed by atoms with Gasteiger partial charge >= 0.3 is 0 Å². The zero-order chi connectivity index (χ0) is 6.69. The molecule has 0 aromatic heterocycles. The maximum absolute atomic E-state index is 8.34. The highest BCUT2D eigenvalue weighted by Gasteiger charge is 1.86. The smallest absolute Gasteiger partial charge is 0.0521 e. The second-order valence-corrected chi connectivity index (χ2v) is 2.06. The average Bonchev–Trinajstić information content (AvgIpc) is 1.90. The summed E-state index contributed by atoms with van der Waals surface area (Å²) < 4.78 is 0. The summed E-state index contributed by atoms with van der Waals surface area (Å²) in [5.41, 5.74) is 2.63. The Kier molecular flexibility index (Phi) is 1.92. The molecule has 1 rings (SSSR count). The predicted molar refractivity (Wildman–Crippen MR) is 37.2 cm³/mol. The third-order valence-corrected chi connectivity index (χ3v) is 1.23. The number of halogens is 1. The van der Waals surface area contributed by atoms with E-state index in [9.17, 15) is 0 Å². The van der Waals surface area contributed by atoms with E-state index in [1.54, 1.807) is 24.3 Å². The van der Waals surface area contributed by atoms with Crippen molar-refractivity contribution in [2.75, 3.05) is 5.43 Å². The summed E-state index contributed by atoms with van der Waals surface area (Å²) in [6.45, 7) is 0. The van der Waals surface area contributed by atoms with Crippen LogP contribution in [0.15, 0.2) is 24.3 Å². The molecule has 3 heteroatoms. The maximum atomic E-state index is 8.34. The highest BCUT2D eigenvalue weighted by Crippen LogP contribution is 2.11. The summed E-state index contributed by atoms with van der Waals surface area (Å²) in [5.74, 6) is 8.34. The van der Waals surface area contributed by atoms with Gasteiger partial charge in [-0.05, 0) is 30.1 Å². The largest absolute Gasteiger partial charge is 0.286 e. The lowest BCUT2D eigenvalue weighted by molar-refractivity contribution is 1.29. The summed E-state index contributed by atoms with van der Waals surface area (Å²) in [4.78, 5) is 0. The van der Waals surface area contributed by atoms with Gasteiger partial charge in [-0.25, -0.2) is 0 Å². The molecule has 0 spiro atoms. The first-order valence-corrected chi connectivity index (χ1v) is 2.86. The topological polar surface area (TPSA) is 34.3 Å². The van der Waals surface area contributed by atoms with Crippen LogP contribution in [0.3, 0.4) is 0 Å². The Hall–Kier alpha value is -0.730. The Morgan fingerprint density at radius 1 is 1.22 bits per heavy atom. The van der Waals surface area contributed by atoms with E-state index < -0.39 is 0 Å². The van der Waals surface area contributed by atoms with E-state index in [0.29, 0.717) is 10.7 Å². The van der Waals surface area contributed by atoms with Gasteiger partial charge in [-0.15, -0.1) is 0 Å². The number of hydrogen-bond donors (Lipinski definition) is 1. The maximum Gasteiger partial charge on any atom is 0.0521 e. The van der Waals surface area contributed by atoms with Crippen molar-refractivity contribution in [1.29, 1.82) is 0 Å². The van der Waals surface area contributed by atoms with E-state index in [0.717, 1.165) is 0 Å². The number of rotatable bonds is 1. The van der Waals surface area contributed by atoms with Gasteiger partial charge in [0.1, 0.15) is 0 Å². The normalized spacial score (nSPS) is 9.11. The standard InChI is InChI=1S/C6H5ClN2/c7-5-1-3-6(9-8)4-2-5/h1-4,9H. The Morgan fingerprint density at radius 2 is 1.78 bits per heavy atom. The van der Waals surface area contributed by atoms with Crippen molar-refractivity contribution in [3.63, 3.8) is 0 Å². The summed E-state index contributed by atoms with van der Waals surface area (Å²) in [6, 6.07) is 6.75. The first-order valence-electron chi connectivity index (χ1n) is 2.48. The molecule has 0 unspecified atom stereocenters. The Morgan fingerprint density at radius 3 is 2.22 bits per heavy atom. The Bertz CT molecular complexity index is 183. The highest BCUT2D eigenvalue weighted by atomic mass is 35.5.